The summed E-state index contributed by atoms with van der Waals surface area (Å²) in [7, 11) is 0. The summed E-state index contributed by atoms with van der Waals surface area (Å²) in [5.74, 6) is -0.820. The van der Waals surface area contributed by atoms with Gasteiger partial charge in [0.2, 0.25) is 0 Å². The first kappa shape index (κ1) is 14.0. The van der Waals surface area contributed by atoms with E-state index in [9.17, 15) is 9.90 Å². The predicted molar refractivity (Wildman–Crippen MR) is 70.8 cm³/mol. The Morgan fingerprint density at radius 2 is 2.05 bits per heavy atom. The molecular formula is C14H20N2O3. The van der Waals surface area contributed by atoms with E-state index < -0.39 is 17.6 Å². The number of hydrogen-bond acceptors (Lipinski definition) is 4. The Bertz CT molecular complexity index is 450. The Balaban J connectivity index is 2.05. The number of pyridine rings is 1. The molecule has 0 aliphatic carbocycles. The molecule has 1 aliphatic heterocycles. The number of aliphatic hydroxyl groups is 1. The molecule has 2 N–H and O–H groups in total. The summed E-state index contributed by atoms with van der Waals surface area (Å²) in [6, 6.07) is 3.29. The molecular weight excluding hydrogens is 244 g/mol. The Hall–Kier alpha value is -1.46. The van der Waals surface area contributed by atoms with Gasteiger partial charge in [-0.2, -0.15) is 0 Å². The minimum Gasteiger partial charge on any atom is -0.480 e. The van der Waals surface area contributed by atoms with Crippen molar-refractivity contribution in [2.24, 2.45) is 0 Å². The molecule has 5 heteroatoms. The van der Waals surface area contributed by atoms with Crippen LogP contribution in [-0.4, -0.2) is 45.2 Å². The first-order valence-electron chi connectivity index (χ1n) is 6.55. The molecule has 0 spiro atoms. The van der Waals surface area contributed by atoms with E-state index in [2.05, 4.69) is 4.98 Å². The summed E-state index contributed by atoms with van der Waals surface area (Å²) in [5.41, 5.74) is 0.813. The SMILES string of the molecule is Cc1ccc(C2(O)CCN([C@H](C)C(=O)O)CC2)nc1. The van der Waals surface area contributed by atoms with Crippen LogP contribution in [0.3, 0.4) is 0 Å². The lowest BCUT2D eigenvalue weighted by Gasteiger charge is -2.39. The number of carboxylic acid groups (broad SMARTS) is 1. The lowest BCUT2D eigenvalue weighted by molar-refractivity contribution is -0.144. The Labute approximate surface area is 112 Å². The van der Waals surface area contributed by atoms with Gasteiger partial charge in [0.05, 0.1) is 5.69 Å². The number of likely N-dealkylation sites (tertiary alicyclic amines) is 1. The number of carbonyl (C=O) groups is 1. The summed E-state index contributed by atoms with van der Waals surface area (Å²) in [4.78, 5) is 17.1. The molecule has 19 heavy (non-hydrogen) atoms. The zero-order valence-corrected chi connectivity index (χ0v) is 11.3. The Kier molecular flexibility index (Phi) is 3.87. The lowest BCUT2D eigenvalue weighted by atomic mass is 9.87. The molecule has 1 atom stereocenters. The van der Waals surface area contributed by atoms with E-state index in [4.69, 9.17) is 5.11 Å². The summed E-state index contributed by atoms with van der Waals surface area (Å²) >= 11 is 0. The van der Waals surface area contributed by atoms with E-state index in [1.807, 2.05) is 24.0 Å². The molecule has 0 unspecified atom stereocenters. The van der Waals surface area contributed by atoms with Crippen molar-refractivity contribution in [3.8, 4) is 0 Å². The minimum atomic E-state index is -0.928. The normalized spacial score (nSPS) is 21.0. The van der Waals surface area contributed by atoms with Crippen molar-refractivity contribution >= 4 is 5.97 Å². The number of nitrogens with zero attached hydrogens (tertiary/aromatic N) is 2. The fourth-order valence-electron chi connectivity index (χ4n) is 2.44. The van der Waals surface area contributed by atoms with Crippen molar-refractivity contribution < 1.29 is 15.0 Å². The standard InChI is InChI=1S/C14H20N2O3/c1-10-3-4-12(15-9-10)14(19)5-7-16(8-6-14)11(2)13(17)18/h3-4,9,11,19H,5-8H2,1-2H3,(H,17,18)/t11-/m1/s1. The van der Waals surface area contributed by atoms with Crippen molar-refractivity contribution in [3.63, 3.8) is 0 Å². The molecule has 0 radical (unpaired) electrons. The molecule has 104 valence electrons. The van der Waals surface area contributed by atoms with Crippen LogP contribution in [0.25, 0.3) is 0 Å². The largest absolute Gasteiger partial charge is 0.480 e. The number of rotatable bonds is 3. The van der Waals surface area contributed by atoms with Crippen molar-refractivity contribution in [2.75, 3.05) is 13.1 Å². The highest BCUT2D eigenvalue weighted by atomic mass is 16.4. The highest BCUT2D eigenvalue weighted by Gasteiger charge is 2.37. The average molecular weight is 264 g/mol. The molecule has 1 fully saturated rings. The van der Waals surface area contributed by atoms with Crippen LogP contribution in [0.15, 0.2) is 18.3 Å². The van der Waals surface area contributed by atoms with Gasteiger partial charge in [-0.05, 0) is 38.3 Å². The minimum absolute atomic E-state index is 0.504. The first-order valence-corrected chi connectivity index (χ1v) is 6.55. The van der Waals surface area contributed by atoms with Gasteiger partial charge in [0.25, 0.3) is 0 Å². The third-order valence-electron chi connectivity index (χ3n) is 3.92. The fourth-order valence-corrected chi connectivity index (χ4v) is 2.44. The summed E-state index contributed by atoms with van der Waals surface area (Å²) in [5, 5.41) is 19.6. The number of hydrogen-bond donors (Lipinski definition) is 2. The molecule has 2 heterocycles. The van der Waals surface area contributed by atoms with Crippen LogP contribution < -0.4 is 0 Å². The molecule has 1 aromatic heterocycles. The maximum Gasteiger partial charge on any atom is 0.320 e. The maximum atomic E-state index is 11.0. The molecule has 2 rings (SSSR count). The smallest absolute Gasteiger partial charge is 0.320 e. The van der Waals surface area contributed by atoms with Crippen LogP contribution in [0.4, 0.5) is 0 Å². The van der Waals surface area contributed by atoms with Gasteiger partial charge >= 0.3 is 5.97 Å². The van der Waals surface area contributed by atoms with Crippen LogP contribution in [0, 0.1) is 6.92 Å². The number of piperidine rings is 1. The van der Waals surface area contributed by atoms with E-state index >= 15 is 0 Å². The van der Waals surface area contributed by atoms with Gasteiger partial charge in [-0.1, -0.05) is 6.07 Å². The van der Waals surface area contributed by atoms with Gasteiger partial charge in [0.1, 0.15) is 11.6 Å². The van der Waals surface area contributed by atoms with Crippen LogP contribution in [-0.2, 0) is 10.4 Å². The molecule has 0 amide bonds. The molecule has 0 bridgehead atoms. The van der Waals surface area contributed by atoms with Gasteiger partial charge in [-0.15, -0.1) is 0 Å². The monoisotopic (exact) mass is 264 g/mol. The average Bonchev–Trinajstić information content (AvgIpc) is 2.39. The topological polar surface area (TPSA) is 73.7 Å². The van der Waals surface area contributed by atoms with E-state index in [0.29, 0.717) is 31.6 Å². The van der Waals surface area contributed by atoms with Gasteiger partial charge in [0, 0.05) is 19.3 Å². The number of carboxylic acids is 1. The van der Waals surface area contributed by atoms with Gasteiger partial charge in [0.15, 0.2) is 0 Å². The Morgan fingerprint density at radius 3 is 2.53 bits per heavy atom. The molecule has 1 saturated heterocycles. The second-order valence-electron chi connectivity index (χ2n) is 5.30. The zero-order chi connectivity index (χ0) is 14.0. The maximum absolute atomic E-state index is 11.0. The number of aliphatic carboxylic acids is 1. The van der Waals surface area contributed by atoms with E-state index in [1.165, 1.54) is 0 Å². The molecule has 1 aliphatic rings. The molecule has 5 nitrogen and oxygen atoms in total. The third-order valence-corrected chi connectivity index (χ3v) is 3.92. The van der Waals surface area contributed by atoms with Crippen LogP contribution >= 0.6 is 0 Å². The highest BCUT2D eigenvalue weighted by molar-refractivity contribution is 5.72. The van der Waals surface area contributed by atoms with Gasteiger partial charge < -0.3 is 10.2 Å². The first-order chi connectivity index (χ1) is 8.92. The van der Waals surface area contributed by atoms with Crippen molar-refractivity contribution in [1.82, 2.24) is 9.88 Å². The van der Waals surface area contributed by atoms with Crippen LogP contribution in [0.1, 0.15) is 31.0 Å². The van der Waals surface area contributed by atoms with E-state index in [1.54, 1.807) is 13.1 Å². The highest BCUT2D eigenvalue weighted by Crippen LogP contribution is 2.32. The number of aromatic nitrogens is 1. The van der Waals surface area contributed by atoms with Gasteiger partial charge in [-0.3, -0.25) is 14.7 Å². The predicted octanol–water partition coefficient (Wildman–Crippen LogP) is 1.15. The summed E-state index contributed by atoms with van der Waals surface area (Å²) in [6.07, 6.45) is 2.78. The second kappa shape index (κ2) is 5.27. The number of aryl methyl sites for hydroxylation is 1. The molecule has 0 aromatic carbocycles. The summed E-state index contributed by atoms with van der Waals surface area (Å²) in [6.45, 7) is 4.77. The Morgan fingerprint density at radius 1 is 1.42 bits per heavy atom. The van der Waals surface area contributed by atoms with E-state index in [-0.39, 0.29) is 0 Å². The van der Waals surface area contributed by atoms with Crippen molar-refractivity contribution in [2.45, 2.75) is 38.3 Å². The summed E-state index contributed by atoms with van der Waals surface area (Å²) < 4.78 is 0. The second-order valence-corrected chi connectivity index (χ2v) is 5.30. The fraction of sp³-hybridized carbons (Fsp3) is 0.571. The van der Waals surface area contributed by atoms with Crippen LogP contribution in [0.5, 0.6) is 0 Å². The van der Waals surface area contributed by atoms with Crippen LogP contribution in [0.2, 0.25) is 0 Å². The third kappa shape index (κ3) is 2.93. The zero-order valence-electron chi connectivity index (χ0n) is 11.3. The quantitative estimate of drug-likeness (QED) is 0.856. The van der Waals surface area contributed by atoms with Gasteiger partial charge in [-0.25, -0.2) is 0 Å². The van der Waals surface area contributed by atoms with Crippen molar-refractivity contribution in [3.05, 3.63) is 29.6 Å². The van der Waals surface area contributed by atoms with Crippen molar-refractivity contribution in [1.29, 1.82) is 0 Å². The lowest BCUT2D eigenvalue weighted by Crippen LogP contribution is -2.48. The molecule has 1 aromatic rings. The van der Waals surface area contributed by atoms with E-state index in [0.717, 1.165) is 5.56 Å². The molecule has 0 saturated carbocycles.